The van der Waals surface area contributed by atoms with E-state index in [9.17, 15) is 14.3 Å². The number of hydrogen-bond acceptors (Lipinski definition) is 2. The molecule has 1 amide bonds. The lowest BCUT2D eigenvalue weighted by molar-refractivity contribution is -0.122. The van der Waals surface area contributed by atoms with E-state index in [-0.39, 0.29) is 24.0 Å². The van der Waals surface area contributed by atoms with Gasteiger partial charge in [-0.05, 0) is 31.0 Å². The highest BCUT2D eigenvalue weighted by Crippen LogP contribution is 2.18. The molecule has 1 atom stereocenters. The number of aliphatic hydroxyl groups is 1. The van der Waals surface area contributed by atoms with Crippen LogP contribution in [0.4, 0.5) is 4.39 Å². The lowest BCUT2D eigenvalue weighted by atomic mass is 9.99. The second-order valence-electron chi connectivity index (χ2n) is 4.53. The first kappa shape index (κ1) is 14.9. The Kier molecular flexibility index (Phi) is 5.11. The number of carbonyl (C=O) groups excluding carboxylic acids is 1. The largest absolute Gasteiger partial charge is 0.394 e. The Labute approximate surface area is 111 Å². The fourth-order valence-electron chi connectivity index (χ4n) is 1.46. The monoisotopic (exact) mass is 273 g/mol. The van der Waals surface area contributed by atoms with Gasteiger partial charge in [0, 0.05) is 5.02 Å². The van der Waals surface area contributed by atoms with Crippen LogP contribution < -0.4 is 5.32 Å². The van der Waals surface area contributed by atoms with E-state index in [1.165, 1.54) is 18.2 Å². The third-order valence-electron chi connectivity index (χ3n) is 2.94. The number of hydrogen-bond donors (Lipinski definition) is 2. The van der Waals surface area contributed by atoms with Crippen molar-refractivity contribution in [2.24, 2.45) is 0 Å². The molecule has 18 heavy (non-hydrogen) atoms. The maximum Gasteiger partial charge on any atom is 0.224 e. The van der Waals surface area contributed by atoms with Gasteiger partial charge in [-0.1, -0.05) is 24.6 Å². The maximum absolute atomic E-state index is 12.8. The average molecular weight is 274 g/mol. The van der Waals surface area contributed by atoms with E-state index in [1.54, 1.807) is 6.92 Å². The molecule has 1 aromatic rings. The van der Waals surface area contributed by atoms with E-state index in [4.69, 9.17) is 11.6 Å². The summed E-state index contributed by atoms with van der Waals surface area (Å²) >= 11 is 5.84. The summed E-state index contributed by atoms with van der Waals surface area (Å²) < 4.78 is 12.8. The zero-order valence-corrected chi connectivity index (χ0v) is 11.2. The fourth-order valence-corrected chi connectivity index (χ4v) is 1.69. The van der Waals surface area contributed by atoms with Crippen LogP contribution in [0.3, 0.4) is 0 Å². The standard InChI is InChI=1S/C13H17ClFNO2/c1-3-13(2,8-17)16-12(18)6-9-4-5-10(15)7-11(9)14/h4-5,7,17H,3,6,8H2,1-2H3,(H,16,18)/t13-/m1/s1. The van der Waals surface area contributed by atoms with Crippen LogP contribution in [0, 0.1) is 5.82 Å². The molecule has 0 aliphatic rings. The van der Waals surface area contributed by atoms with Crippen LogP contribution in [-0.4, -0.2) is 23.2 Å². The molecule has 0 unspecified atom stereocenters. The fraction of sp³-hybridized carbons (Fsp3) is 0.462. The molecule has 0 aromatic heterocycles. The third kappa shape index (κ3) is 3.96. The zero-order valence-electron chi connectivity index (χ0n) is 10.5. The minimum atomic E-state index is -0.635. The van der Waals surface area contributed by atoms with Gasteiger partial charge in [-0.15, -0.1) is 0 Å². The number of rotatable bonds is 5. The van der Waals surface area contributed by atoms with Crippen LogP contribution in [0.15, 0.2) is 18.2 Å². The van der Waals surface area contributed by atoms with E-state index < -0.39 is 11.4 Å². The summed E-state index contributed by atoms with van der Waals surface area (Å²) in [6.45, 7) is 3.50. The van der Waals surface area contributed by atoms with Crippen LogP contribution in [0.25, 0.3) is 0 Å². The van der Waals surface area contributed by atoms with Gasteiger partial charge in [0.25, 0.3) is 0 Å². The van der Waals surface area contributed by atoms with Gasteiger partial charge in [0.15, 0.2) is 0 Å². The molecule has 0 saturated heterocycles. The molecule has 0 saturated carbocycles. The Morgan fingerprint density at radius 3 is 2.72 bits per heavy atom. The van der Waals surface area contributed by atoms with Crippen molar-refractivity contribution in [3.8, 4) is 0 Å². The molecule has 0 aliphatic heterocycles. The summed E-state index contributed by atoms with van der Waals surface area (Å²) in [4.78, 5) is 11.8. The normalized spacial score (nSPS) is 14.1. The smallest absolute Gasteiger partial charge is 0.224 e. The maximum atomic E-state index is 12.8. The van der Waals surface area contributed by atoms with Gasteiger partial charge in [-0.25, -0.2) is 4.39 Å². The molecule has 1 aromatic carbocycles. The van der Waals surface area contributed by atoms with Crippen molar-refractivity contribution in [3.05, 3.63) is 34.6 Å². The van der Waals surface area contributed by atoms with Crippen molar-refractivity contribution in [2.45, 2.75) is 32.2 Å². The van der Waals surface area contributed by atoms with Gasteiger partial charge in [0.1, 0.15) is 5.82 Å². The first-order valence-electron chi connectivity index (χ1n) is 5.76. The topological polar surface area (TPSA) is 49.3 Å². The van der Waals surface area contributed by atoms with E-state index in [0.717, 1.165) is 0 Å². The molecule has 0 fully saturated rings. The van der Waals surface area contributed by atoms with Gasteiger partial charge in [-0.2, -0.15) is 0 Å². The molecule has 0 aliphatic carbocycles. The Morgan fingerprint density at radius 1 is 1.56 bits per heavy atom. The minimum Gasteiger partial charge on any atom is -0.394 e. The van der Waals surface area contributed by atoms with E-state index in [0.29, 0.717) is 12.0 Å². The number of amides is 1. The van der Waals surface area contributed by atoms with Gasteiger partial charge in [0.05, 0.1) is 18.6 Å². The van der Waals surface area contributed by atoms with Crippen molar-refractivity contribution in [1.29, 1.82) is 0 Å². The summed E-state index contributed by atoms with van der Waals surface area (Å²) in [5.74, 6) is -0.681. The van der Waals surface area contributed by atoms with Crippen LogP contribution in [0.5, 0.6) is 0 Å². The Hall–Kier alpha value is -1.13. The van der Waals surface area contributed by atoms with Gasteiger partial charge < -0.3 is 10.4 Å². The number of benzene rings is 1. The minimum absolute atomic E-state index is 0.0642. The molecular formula is C13H17ClFNO2. The molecule has 1 rings (SSSR count). The lowest BCUT2D eigenvalue weighted by Gasteiger charge is -2.27. The predicted molar refractivity (Wildman–Crippen MR) is 69.0 cm³/mol. The molecule has 2 N–H and O–H groups in total. The van der Waals surface area contributed by atoms with E-state index >= 15 is 0 Å². The summed E-state index contributed by atoms with van der Waals surface area (Å²) in [7, 11) is 0. The quantitative estimate of drug-likeness (QED) is 0.865. The molecule has 5 heteroatoms. The van der Waals surface area contributed by atoms with Crippen LogP contribution in [-0.2, 0) is 11.2 Å². The first-order chi connectivity index (χ1) is 8.40. The summed E-state index contributed by atoms with van der Waals surface area (Å²) in [6.07, 6.45) is 0.682. The molecule has 0 spiro atoms. The Morgan fingerprint density at radius 2 is 2.22 bits per heavy atom. The summed E-state index contributed by atoms with van der Waals surface area (Å²) in [6, 6.07) is 3.92. The highest BCUT2D eigenvalue weighted by Gasteiger charge is 2.23. The van der Waals surface area contributed by atoms with Gasteiger partial charge in [-0.3, -0.25) is 4.79 Å². The van der Waals surface area contributed by atoms with Gasteiger partial charge >= 0.3 is 0 Å². The van der Waals surface area contributed by atoms with E-state index in [1.807, 2.05) is 6.92 Å². The third-order valence-corrected chi connectivity index (χ3v) is 3.29. The van der Waals surface area contributed by atoms with Crippen LogP contribution in [0.1, 0.15) is 25.8 Å². The molecule has 100 valence electrons. The Balaban J connectivity index is 2.70. The highest BCUT2D eigenvalue weighted by molar-refractivity contribution is 6.31. The van der Waals surface area contributed by atoms with Crippen molar-refractivity contribution in [1.82, 2.24) is 5.32 Å². The van der Waals surface area contributed by atoms with Crippen molar-refractivity contribution < 1.29 is 14.3 Å². The van der Waals surface area contributed by atoms with Crippen LogP contribution in [0.2, 0.25) is 5.02 Å². The molecule has 0 bridgehead atoms. The van der Waals surface area contributed by atoms with Crippen molar-refractivity contribution in [2.75, 3.05) is 6.61 Å². The lowest BCUT2D eigenvalue weighted by Crippen LogP contribution is -2.48. The number of carbonyl (C=O) groups is 1. The highest BCUT2D eigenvalue weighted by atomic mass is 35.5. The zero-order chi connectivity index (χ0) is 13.8. The molecular weight excluding hydrogens is 257 g/mol. The SMILES string of the molecule is CC[C@](C)(CO)NC(=O)Cc1ccc(F)cc1Cl. The number of halogens is 2. The second-order valence-corrected chi connectivity index (χ2v) is 4.94. The molecule has 3 nitrogen and oxygen atoms in total. The summed E-state index contributed by atoms with van der Waals surface area (Å²) in [5.41, 5.74) is -0.0733. The molecule has 0 heterocycles. The first-order valence-corrected chi connectivity index (χ1v) is 6.14. The number of nitrogens with one attached hydrogen (secondary N) is 1. The van der Waals surface area contributed by atoms with E-state index in [2.05, 4.69) is 5.32 Å². The van der Waals surface area contributed by atoms with Crippen molar-refractivity contribution in [3.63, 3.8) is 0 Å². The Bertz CT molecular complexity index is 433. The summed E-state index contributed by atoms with van der Waals surface area (Å²) in [5, 5.41) is 12.2. The second kappa shape index (κ2) is 6.16. The average Bonchev–Trinajstić information content (AvgIpc) is 2.32. The predicted octanol–water partition coefficient (Wildman–Crippen LogP) is 2.30. The number of aliphatic hydroxyl groups excluding tert-OH is 1. The van der Waals surface area contributed by atoms with Gasteiger partial charge in [0.2, 0.25) is 5.91 Å². The van der Waals surface area contributed by atoms with Crippen LogP contribution >= 0.6 is 11.6 Å². The van der Waals surface area contributed by atoms with Crippen molar-refractivity contribution >= 4 is 17.5 Å². The molecule has 0 radical (unpaired) electrons.